The first-order valence-corrected chi connectivity index (χ1v) is 6.98. The number of hydrogen-bond donors (Lipinski definition) is 0. The van der Waals surface area contributed by atoms with E-state index in [2.05, 4.69) is 0 Å². The number of halogens is 5. The van der Waals surface area contributed by atoms with Crippen molar-refractivity contribution in [3.63, 3.8) is 0 Å². The van der Waals surface area contributed by atoms with E-state index >= 15 is 0 Å². The Labute approximate surface area is 119 Å². The molecule has 1 saturated heterocycles. The van der Waals surface area contributed by atoms with Crippen LogP contribution in [-0.4, -0.2) is 23.9 Å². The van der Waals surface area contributed by atoms with Crippen molar-refractivity contribution in [1.29, 1.82) is 0 Å². The molecule has 1 atom stereocenters. The predicted octanol–water partition coefficient (Wildman–Crippen LogP) is 4.33. The Kier molecular flexibility index (Phi) is 3.28. The van der Waals surface area contributed by atoms with Gasteiger partial charge in [0.15, 0.2) is 0 Å². The summed E-state index contributed by atoms with van der Waals surface area (Å²) in [6, 6.07) is 4.94. The summed E-state index contributed by atoms with van der Waals surface area (Å²) in [7, 11) is 0. The molecule has 0 aromatic heterocycles. The third-order valence-electron chi connectivity index (χ3n) is 4.55. The van der Waals surface area contributed by atoms with Crippen LogP contribution in [0.2, 0.25) is 0 Å². The Hall–Kier alpha value is -1.17. The lowest BCUT2D eigenvalue weighted by Gasteiger charge is -2.33. The summed E-state index contributed by atoms with van der Waals surface area (Å²) in [5.74, 6) is -2.56. The summed E-state index contributed by atoms with van der Waals surface area (Å²) in [5.41, 5.74) is -0.837. The molecule has 3 rings (SSSR count). The molecule has 1 aromatic rings. The highest BCUT2D eigenvalue weighted by molar-refractivity contribution is 5.25. The second kappa shape index (κ2) is 4.66. The number of alkyl halides is 5. The molecule has 1 unspecified atom stereocenters. The van der Waals surface area contributed by atoms with E-state index in [4.69, 9.17) is 0 Å². The largest absolute Gasteiger partial charge is 0.416 e. The van der Waals surface area contributed by atoms with E-state index in [1.54, 1.807) is 0 Å². The van der Waals surface area contributed by atoms with Gasteiger partial charge < -0.3 is 0 Å². The van der Waals surface area contributed by atoms with E-state index in [1.165, 1.54) is 12.1 Å². The lowest BCUT2D eigenvalue weighted by molar-refractivity contribution is -0.137. The van der Waals surface area contributed by atoms with Crippen LogP contribution in [0.25, 0.3) is 0 Å². The summed E-state index contributed by atoms with van der Waals surface area (Å²) in [6.07, 6.45) is -3.13. The zero-order valence-electron chi connectivity index (χ0n) is 11.4. The van der Waals surface area contributed by atoms with Crippen molar-refractivity contribution in [2.75, 3.05) is 13.1 Å². The second-order valence-corrected chi connectivity index (χ2v) is 6.17. The molecule has 1 heterocycles. The zero-order valence-corrected chi connectivity index (χ0v) is 11.4. The predicted molar refractivity (Wildman–Crippen MR) is 68.0 cm³/mol. The Morgan fingerprint density at radius 2 is 1.71 bits per heavy atom. The molecule has 0 bridgehead atoms. The molecule has 2 fully saturated rings. The zero-order chi connectivity index (χ0) is 15.3. The van der Waals surface area contributed by atoms with E-state index in [9.17, 15) is 22.0 Å². The van der Waals surface area contributed by atoms with Crippen molar-refractivity contribution in [1.82, 2.24) is 4.90 Å². The van der Waals surface area contributed by atoms with Crippen molar-refractivity contribution in [3.05, 3.63) is 35.4 Å². The maximum Gasteiger partial charge on any atom is 0.416 e. The summed E-state index contributed by atoms with van der Waals surface area (Å²) >= 11 is 0. The van der Waals surface area contributed by atoms with Gasteiger partial charge in [0.1, 0.15) is 0 Å². The summed E-state index contributed by atoms with van der Waals surface area (Å²) in [5, 5.41) is 0. The van der Waals surface area contributed by atoms with Crippen LogP contribution in [0.15, 0.2) is 24.3 Å². The summed E-state index contributed by atoms with van der Waals surface area (Å²) < 4.78 is 64.3. The maximum atomic E-state index is 13.4. The van der Waals surface area contributed by atoms with Gasteiger partial charge in [-0.05, 0) is 37.1 Å². The normalized spacial score (nSPS) is 28.8. The van der Waals surface area contributed by atoms with Crippen LogP contribution in [0, 0.1) is 5.41 Å². The number of likely N-dealkylation sites (tertiary alicyclic amines) is 1. The van der Waals surface area contributed by atoms with E-state index < -0.39 is 23.1 Å². The van der Waals surface area contributed by atoms with Gasteiger partial charge in [0, 0.05) is 19.5 Å². The third kappa shape index (κ3) is 2.78. The molecule has 1 saturated carbocycles. The number of nitrogens with zero attached hydrogens (tertiary/aromatic N) is 1. The molecule has 21 heavy (non-hydrogen) atoms. The van der Waals surface area contributed by atoms with Crippen LogP contribution >= 0.6 is 0 Å². The molecule has 0 amide bonds. The van der Waals surface area contributed by atoms with Crippen LogP contribution in [-0.2, 0) is 12.7 Å². The first-order valence-electron chi connectivity index (χ1n) is 6.98. The van der Waals surface area contributed by atoms with Crippen molar-refractivity contribution < 1.29 is 22.0 Å². The standard InChI is InChI=1S/C15H16F5N/c16-14(17)9-13(14)6-1-7-21(10-13)8-11-2-4-12(5-3-11)15(18,19)20/h2-5H,1,6-10H2. The fourth-order valence-electron chi connectivity index (χ4n) is 3.24. The number of hydrogen-bond acceptors (Lipinski definition) is 1. The number of benzene rings is 1. The van der Waals surface area contributed by atoms with Crippen LogP contribution in [0.1, 0.15) is 30.4 Å². The second-order valence-electron chi connectivity index (χ2n) is 6.17. The van der Waals surface area contributed by atoms with Gasteiger partial charge in [-0.1, -0.05) is 12.1 Å². The maximum absolute atomic E-state index is 13.4. The molecule has 1 nitrogen and oxygen atoms in total. The molecule has 0 radical (unpaired) electrons. The minimum atomic E-state index is -4.34. The van der Waals surface area contributed by atoms with Crippen LogP contribution in [0.5, 0.6) is 0 Å². The van der Waals surface area contributed by atoms with Gasteiger partial charge >= 0.3 is 6.18 Å². The van der Waals surface area contributed by atoms with Crippen molar-refractivity contribution in [2.45, 2.75) is 37.9 Å². The summed E-state index contributed by atoms with van der Waals surface area (Å²) in [6.45, 7) is 1.48. The molecule has 1 aliphatic heterocycles. The van der Waals surface area contributed by atoms with E-state index in [1.807, 2.05) is 4.90 Å². The topological polar surface area (TPSA) is 3.24 Å². The van der Waals surface area contributed by atoms with Crippen molar-refractivity contribution in [3.8, 4) is 0 Å². The highest BCUT2D eigenvalue weighted by atomic mass is 19.4. The molecular weight excluding hydrogens is 289 g/mol. The number of piperidine rings is 1. The molecule has 2 aliphatic rings. The molecular formula is C15H16F5N. The average Bonchev–Trinajstić information content (AvgIpc) is 2.88. The lowest BCUT2D eigenvalue weighted by Crippen LogP contribution is -2.38. The Morgan fingerprint density at radius 3 is 2.24 bits per heavy atom. The van der Waals surface area contributed by atoms with Gasteiger partial charge in [-0.25, -0.2) is 8.78 Å². The van der Waals surface area contributed by atoms with Gasteiger partial charge in [0.2, 0.25) is 0 Å². The fraction of sp³-hybridized carbons (Fsp3) is 0.600. The number of rotatable bonds is 2. The quantitative estimate of drug-likeness (QED) is 0.735. The minimum Gasteiger partial charge on any atom is -0.298 e. The summed E-state index contributed by atoms with van der Waals surface area (Å²) in [4.78, 5) is 1.92. The van der Waals surface area contributed by atoms with Crippen LogP contribution in [0.4, 0.5) is 22.0 Å². The molecule has 6 heteroatoms. The molecule has 0 N–H and O–H groups in total. The molecule has 116 valence electrons. The minimum absolute atomic E-state index is 0.0521. The fourth-order valence-corrected chi connectivity index (χ4v) is 3.24. The Bertz CT molecular complexity index is 522. The van der Waals surface area contributed by atoms with Crippen molar-refractivity contribution >= 4 is 0 Å². The molecule has 1 spiro atoms. The monoisotopic (exact) mass is 305 g/mol. The van der Waals surface area contributed by atoms with Gasteiger partial charge in [0.25, 0.3) is 5.92 Å². The van der Waals surface area contributed by atoms with E-state index in [0.29, 0.717) is 19.5 Å². The van der Waals surface area contributed by atoms with Crippen LogP contribution < -0.4 is 0 Å². The SMILES string of the molecule is FC(F)(F)c1ccc(CN2CCCC3(C2)CC3(F)F)cc1. The highest BCUT2D eigenvalue weighted by Crippen LogP contribution is 2.64. The first-order chi connectivity index (χ1) is 9.72. The molecule has 1 aliphatic carbocycles. The Morgan fingerprint density at radius 1 is 1.10 bits per heavy atom. The molecule has 1 aromatic carbocycles. The first kappa shape index (κ1) is 14.8. The van der Waals surface area contributed by atoms with Gasteiger partial charge in [-0.2, -0.15) is 13.2 Å². The Balaban J connectivity index is 1.64. The average molecular weight is 305 g/mol. The van der Waals surface area contributed by atoms with Gasteiger partial charge in [0.05, 0.1) is 11.0 Å². The van der Waals surface area contributed by atoms with Crippen LogP contribution in [0.3, 0.4) is 0 Å². The third-order valence-corrected chi connectivity index (χ3v) is 4.55. The van der Waals surface area contributed by atoms with Gasteiger partial charge in [-0.3, -0.25) is 4.90 Å². The van der Waals surface area contributed by atoms with E-state index in [-0.39, 0.29) is 6.42 Å². The van der Waals surface area contributed by atoms with Crippen molar-refractivity contribution in [2.24, 2.45) is 5.41 Å². The lowest BCUT2D eigenvalue weighted by atomic mass is 9.94. The smallest absolute Gasteiger partial charge is 0.298 e. The van der Waals surface area contributed by atoms with Gasteiger partial charge in [-0.15, -0.1) is 0 Å². The highest BCUT2D eigenvalue weighted by Gasteiger charge is 2.71. The van der Waals surface area contributed by atoms with E-state index in [0.717, 1.165) is 30.7 Å².